The van der Waals surface area contributed by atoms with E-state index >= 15 is 0 Å². The zero-order chi connectivity index (χ0) is 17.9. The van der Waals surface area contributed by atoms with Crippen molar-refractivity contribution in [3.05, 3.63) is 76.6 Å². The first-order valence-corrected chi connectivity index (χ1v) is 2.74. The van der Waals surface area contributed by atoms with E-state index in [4.69, 9.17) is 76.6 Å². The molecule has 0 unspecified atom stereocenters. The summed E-state index contributed by atoms with van der Waals surface area (Å²) in [4.78, 5) is 41.2. The molecule has 0 bridgehead atoms. The van der Waals surface area contributed by atoms with Crippen LogP contribution in [0.4, 0.5) is 0 Å². The average molecular weight is 515 g/mol. The summed E-state index contributed by atoms with van der Waals surface area (Å²) in [6, 6.07) is 0. The Labute approximate surface area is 151 Å². The van der Waals surface area contributed by atoms with Gasteiger partial charge in [-0.2, -0.15) is 0 Å². The fourth-order valence-electron chi connectivity index (χ4n) is 0. The van der Waals surface area contributed by atoms with Crippen LogP contribution < -0.4 is 12.3 Å². The van der Waals surface area contributed by atoms with Gasteiger partial charge >= 0.3 is 36.9 Å². The van der Waals surface area contributed by atoms with Crippen LogP contribution in [0, 0.1) is 113 Å². The Morgan fingerprint density at radius 3 is 0.348 bits per heavy atom. The average Bonchev–Trinajstić information content (AvgIpc) is 1.94. The summed E-state index contributed by atoms with van der Waals surface area (Å²) in [5, 5.41) is 73.8. The molecule has 0 aliphatic heterocycles. The Morgan fingerprint density at radius 1 is 0.348 bits per heavy atom. The molecule has 23 heteroatoms. The van der Waals surface area contributed by atoms with Gasteiger partial charge in [-0.05, 0) is 0 Å². The molecule has 0 saturated carbocycles. The Bertz CT molecular complexity index is 211. The van der Waals surface area contributed by atoms with Crippen LogP contribution in [-0.2, 0) is 0 Å². The predicted octanol–water partition coefficient (Wildman–Crippen LogP) is -0.443. The van der Waals surface area contributed by atoms with Gasteiger partial charge in [0.05, 0.1) is 25.4 Å². The second-order valence-electron chi connectivity index (χ2n) is 1.12. The molecule has 0 spiro atoms. The molecular formula is H8N7O15Tm. The topological polar surface area (TPSA) is 404 Å². The first-order chi connectivity index (χ1) is 8.66. The monoisotopic (exact) mass is 515 g/mol. The molecule has 146 valence electrons. The van der Waals surface area contributed by atoms with Gasteiger partial charge in [0.1, 0.15) is 0 Å². The third-order valence-corrected chi connectivity index (χ3v) is 0. The summed E-state index contributed by atoms with van der Waals surface area (Å²) in [6.45, 7) is 0. The molecule has 0 rings (SSSR count). The fourth-order valence-corrected chi connectivity index (χ4v) is 0. The van der Waals surface area contributed by atoms with Crippen molar-refractivity contribution in [3.63, 3.8) is 0 Å². The first kappa shape index (κ1) is 50.1. The van der Waals surface area contributed by atoms with Crippen molar-refractivity contribution in [1.29, 1.82) is 0 Å². The maximum Gasteiger partial charge on any atom is 3.00 e. The largest absolute Gasteiger partial charge is 3.00 e. The second-order valence-corrected chi connectivity index (χ2v) is 1.12. The minimum Gasteiger partial charge on any atom is -0.369 e. The summed E-state index contributed by atoms with van der Waals surface area (Å²) in [5.41, 5.74) is 0. The smallest absolute Gasteiger partial charge is 0.369 e. The molecule has 0 aromatic rings. The number of hydrogen-bond donors (Lipinski definition) is 2. The summed E-state index contributed by atoms with van der Waals surface area (Å²) in [5.74, 6) is 0. The van der Waals surface area contributed by atoms with E-state index in [1.165, 1.54) is 0 Å². The standard InChI is InChI=1S/5NO3.2H3N.Tm/c5*2-1(3)4;;;/h;;;;;2*1H3;/q5*-1;;;+3/p+2. The van der Waals surface area contributed by atoms with E-state index in [0.717, 1.165) is 0 Å². The Kier molecular flexibility index (Phi) is 93.0. The van der Waals surface area contributed by atoms with E-state index in [0.29, 0.717) is 0 Å². The van der Waals surface area contributed by atoms with Gasteiger partial charge in [-0.1, -0.05) is 0 Å². The molecule has 0 fully saturated rings. The molecule has 22 nitrogen and oxygen atoms in total. The molecule has 23 heavy (non-hydrogen) atoms. The predicted molar refractivity (Wildman–Crippen MR) is 63.8 cm³/mol. The SMILES string of the molecule is O=[N+]([O-])[O-].O=[N+]([O-])[O-].O=[N+]([O-])[O-].O=[N+]([O-])[O-].O=[N+]([O-])[O-].[NH4+].[NH4+].[Tm+3]. The minimum atomic E-state index is -1.75. The molecule has 0 aliphatic rings. The van der Waals surface area contributed by atoms with E-state index in [1.807, 2.05) is 0 Å². The molecular weight excluding hydrogens is 507 g/mol. The molecule has 0 atom stereocenters. The van der Waals surface area contributed by atoms with Crippen molar-refractivity contribution < 1.29 is 62.3 Å². The van der Waals surface area contributed by atoms with E-state index < -0.39 is 25.4 Å². The molecule has 0 aromatic heterocycles. The number of nitrogens with zero attached hydrogens (tertiary/aromatic N) is 5. The molecule has 0 aromatic carbocycles. The van der Waals surface area contributed by atoms with Crippen LogP contribution in [0.2, 0.25) is 0 Å². The van der Waals surface area contributed by atoms with Crippen molar-refractivity contribution >= 4 is 0 Å². The summed E-state index contributed by atoms with van der Waals surface area (Å²) in [7, 11) is 0. The zero-order valence-corrected chi connectivity index (χ0v) is 12.4. The quantitative estimate of drug-likeness (QED) is 0.305. The maximum absolute atomic E-state index is 8.25. The van der Waals surface area contributed by atoms with Crippen molar-refractivity contribution in [1.82, 2.24) is 12.3 Å². The third-order valence-electron chi connectivity index (χ3n) is 0. The minimum absolute atomic E-state index is 0. The zero-order valence-electron chi connectivity index (χ0n) is 10.6. The summed E-state index contributed by atoms with van der Waals surface area (Å²) in [6.07, 6.45) is 0. The molecule has 0 saturated heterocycles. The second kappa shape index (κ2) is 42.7. The number of quaternary nitrogens is 2. The van der Waals surface area contributed by atoms with Crippen LogP contribution in [0.3, 0.4) is 0 Å². The van der Waals surface area contributed by atoms with Crippen molar-refractivity contribution in [2.24, 2.45) is 0 Å². The third kappa shape index (κ3) is 696. The fraction of sp³-hybridized carbons (Fsp3) is 0. The number of hydrogen-bond acceptors (Lipinski definition) is 15. The normalized spacial score (nSPS) is 5.22. The van der Waals surface area contributed by atoms with Gasteiger partial charge in [0.15, 0.2) is 0 Å². The molecule has 0 heterocycles. The van der Waals surface area contributed by atoms with E-state index in [1.54, 1.807) is 0 Å². The van der Waals surface area contributed by atoms with Gasteiger partial charge in [-0.3, -0.25) is 0 Å². The summed E-state index contributed by atoms with van der Waals surface area (Å²) < 4.78 is 0. The van der Waals surface area contributed by atoms with Crippen molar-refractivity contribution in [3.8, 4) is 0 Å². The van der Waals surface area contributed by atoms with Crippen molar-refractivity contribution in [2.75, 3.05) is 0 Å². The van der Waals surface area contributed by atoms with Gasteiger partial charge in [0.2, 0.25) is 0 Å². The van der Waals surface area contributed by atoms with Crippen LogP contribution in [-0.4, -0.2) is 25.4 Å². The van der Waals surface area contributed by atoms with Crippen LogP contribution in [0.1, 0.15) is 0 Å². The molecule has 0 aliphatic carbocycles. The van der Waals surface area contributed by atoms with Gasteiger partial charge < -0.3 is 88.9 Å². The van der Waals surface area contributed by atoms with Gasteiger partial charge in [0.25, 0.3) is 0 Å². The van der Waals surface area contributed by atoms with E-state index in [2.05, 4.69) is 0 Å². The van der Waals surface area contributed by atoms with Crippen molar-refractivity contribution in [2.45, 2.75) is 0 Å². The Hall–Kier alpha value is -2.85. The Balaban J connectivity index is -0.0000000197. The molecule has 0 amide bonds. The summed E-state index contributed by atoms with van der Waals surface area (Å²) >= 11 is 0. The molecule has 0 radical (unpaired) electrons. The van der Waals surface area contributed by atoms with Crippen LogP contribution in [0.15, 0.2) is 0 Å². The Morgan fingerprint density at radius 2 is 0.348 bits per heavy atom. The van der Waals surface area contributed by atoms with Gasteiger partial charge in [-0.25, -0.2) is 0 Å². The van der Waals surface area contributed by atoms with Gasteiger partial charge in [0, 0.05) is 0 Å². The van der Waals surface area contributed by atoms with Crippen LogP contribution in [0.25, 0.3) is 0 Å². The first-order valence-electron chi connectivity index (χ1n) is 2.74. The number of rotatable bonds is 0. The van der Waals surface area contributed by atoms with Crippen LogP contribution >= 0.6 is 0 Å². The van der Waals surface area contributed by atoms with Crippen LogP contribution in [0.5, 0.6) is 0 Å². The molecule has 8 N–H and O–H groups in total. The van der Waals surface area contributed by atoms with E-state index in [-0.39, 0.29) is 49.2 Å². The van der Waals surface area contributed by atoms with Gasteiger partial charge in [-0.15, -0.1) is 0 Å². The van der Waals surface area contributed by atoms with E-state index in [9.17, 15) is 0 Å². The maximum atomic E-state index is 8.25.